The summed E-state index contributed by atoms with van der Waals surface area (Å²) in [5, 5.41) is 9.87. The SMILES string of the molecule is CCCCCCCCCCCCCCCCC(CC1CO1)(CC1CO1)C(=O)O. The Balaban J connectivity index is 1.45. The number of ether oxygens (including phenoxy) is 2. The average Bonchev–Trinajstić information content (AvgIpc) is 3.59. The number of carboxylic acid groups (broad SMARTS) is 1. The number of epoxide rings is 2. The molecule has 1 N–H and O–H groups in total. The molecule has 2 saturated heterocycles. The normalized spacial score (nSPS) is 22.8. The first-order valence-corrected chi connectivity index (χ1v) is 12.1. The molecule has 0 aromatic heterocycles. The summed E-state index contributed by atoms with van der Waals surface area (Å²) in [6.07, 6.45) is 21.1. The summed E-state index contributed by atoms with van der Waals surface area (Å²) in [6, 6.07) is 0. The van der Waals surface area contributed by atoms with Gasteiger partial charge in [-0.25, -0.2) is 0 Å². The van der Waals surface area contributed by atoms with Gasteiger partial charge >= 0.3 is 5.97 Å². The third-order valence-corrected chi connectivity index (χ3v) is 6.50. The molecule has 0 aliphatic carbocycles. The second-order valence-electron chi connectivity index (χ2n) is 9.25. The number of unbranched alkanes of at least 4 members (excludes halogenated alkanes) is 13. The van der Waals surface area contributed by atoms with Gasteiger partial charge in [0, 0.05) is 0 Å². The molecule has 0 bridgehead atoms. The number of aliphatic carboxylic acids is 1. The Bertz CT molecular complexity index is 401. The minimum atomic E-state index is -0.645. The number of hydrogen-bond donors (Lipinski definition) is 1. The topological polar surface area (TPSA) is 62.4 Å². The van der Waals surface area contributed by atoms with Gasteiger partial charge < -0.3 is 14.6 Å². The number of rotatable bonds is 20. The van der Waals surface area contributed by atoms with Crippen LogP contribution in [0.5, 0.6) is 0 Å². The molecular formula is C24H44O4. The summed E-state index contributed by atoms with van der Waals surface area (Å²) < 4.78 is 10.7. The molecule has 0 saturated carbocycles. The first-order chi connectivity index (χ1) is 13.7. The lowest BCUT2D eigenvalue weighted by Crippen LogP contribution is -2.34. The average molecular weight is 397 g/mol. The largest absolute Gasteiger partial charge is 0.481 e. The number of carboxylic acids is 1. The third kappa shape index (κ3) is 10.2. The van der Waals surface area contributed by atoms with Crippen molar-refractivity contribution in [3.05, 3.63) is 0 Å². The predicted molar refractivity (Wildman–Crippen MR) is 114 cm³/mol. The Morgan fingerprint density at radius 3 is 1.43 bits per heavy atom. The molecule has 2 atom stereocenters. The zero-order valence-corrected chi connectivity index (χ0v) is 18.3. The second kappa shape index (κ2) is 13.6. The smallest absolute Gasteiger partial charge is 0.309 e. The van der Waals surface area contributed by atoms with Crippen molar-refractivity contribution in [2.75, 3.05) is 13.2 Å². The summed E-state index contributed by atoms with van der Waals surface area (Å²) in [7, 11) is 0. The van der Waals surface area contributed by atoms with Crippen molar-refractivity contribution in [1.29, 1.82) is 0 Å². The van der Waals surface area contributed by atoms with Gasteiger partial charge in [-0.1, -0.05) is 96.8 Å². The van der Waals surface area contributed by atoms with Gasteiger partial charge in [0.15, 0.2) is 0 Å². The van der Waals surface area contributed by atoms with Crippen LogP contribution in [0.4, 0.5) is 0 Å². The molecule has 2 heterocycles. The fourth-order valence-electron chi connectivity index (χ4n) is 4.47. The van der Waals surface area contributed by atoms with E-state index in [2.05, 4.69) is 6.92 Å². The summed E-state index contributed by atoms with van der Waals surface area (Å²) >= 11 is 0. The van der Waals surface area contributed by atoms with Crippen molar-refractivity contribution in [1.82, 2.24) is 0 Å². The highest BCUT2D eigenvalue weighted by Crippen LogP contribution is 2.42. The van der Waals surface area contributed by atoms with Crippen LogP contribution in [0, 0.1) is 5.41 Å². The van der Waals surface area contributed by atoms with Gasteiger partial charge in [0.1, 0.15) is 0 Å². The van der Waals surface area contributed by atoms with Gasteiger partial charge in [-0.3, -0.25) is 4.79 Å². The van der Waals surface area contributed by atoms with E-state index in [1.165, 1.54) is 77.0 Å². The molecule has 28 heavy (non-hydrogen) atoms. The molecule has 164 valence electrons. The van der Waals surface area contributed by atoms with E-state index < -0.39 is 11.4 Å². The van der Waals surface area contributed by atoms with Crippen LogP contribution in [0.15, 0.2) is 0 Å². The predicted octanol–water partition coefficient (Wildman–Crippen LogP) is 6.51. The zero-order valence-electron chi connectivity index (χ0n) is 18.3. The van der Waals surface area contributed by atoms with E-state index in [0.29, 0.717) is 12.8 Å². The molecule has 0 radical (unpaired) electrons. The van der Waals surface area contributed by atoms with Crippen molar-refractivity contribution >= 4 is 5.97 Å². The van der Waals surface area contributed by atoms with Crippen LogP contribution in [-0.2, 0) is 14.3 Å². The Morgan fingerprint density at radius 2 is 1.11 bits per heavy atom. The lowest BCUT2D eigenvalue weighted by molar-refractivity contribution is -0.151. The molecular weight excluding hydrogens is 352 g/mol. The second-order valence-corrected chi connectivity index (χ2v) is 9.25. The lowest BCUT2D eigenvalue weighted by Gasteiger charge is -2.28. The molecule has 2 aliphatic heterocycles. The highest BCUT2D eigenvalue weighted by Gasteiger charge is 2.47. The Morgan fingerprint density at radius 1 is 0.750 bits per heavy atom. The van der Waals surface area contributed by atoms with Crippen LogP contribution in [0.1, 0.15) is 116 Å². The van der Waals surface area contributed by atoms with Crippen LogP contribution in [-0.4, -0.2) is 36.5 Å². The molecule has 4 nitrogen and oxygen atoms in total. The number of hydrogen-bond acceptors (Lipinski definition) is 3. The van der Waals surface area contributed by atoms with Crippen LogP contribution < -0.4 is 0 Å². The van der Waals surface area contributed by atoms with Crippen LogP contribution in [0.2, 0.25) is 0 Å². The van der Waals surface area contributed by atoms with Crippen LogP contribution >= 0.6 is 0 Å². The van der Waals surface area contributed by atoms with Gasteiger partial charge in [-0.05, 0) is 19.3 Å². The van der Waals surface area contributed by atoms with Crippen molar-refractivity contribution < 1.29 is 19.4 Å². The summed E-state index contributed by atoms with van der Waals surface area (Å²) in [5.74, 6) is -0.645. The van der Waals surface area contributed by atoms with Gasteiger partial charge in [0.2, 0.25) is 0 Å². The Hall–Kier alpha value is -0.610. The van der Waals surface area contributed by atoms with E-state index in [0.717, 1.165) is 32.5 Å². The molecule has 0 aromatic carbocycles. The van der Waals surface area contributed by atoms with Crippen molar-refractivity contribution in [3.8, 4) is 0 Å². The first kappa shape index (κ1) is 23.7. The first-order valence-electron chi connectivity index (χ1n) is 12.1. The maximum Gasteiger partial charge on any atom is 0.309 e. The fourth-order valence-corrected chi connectivity index (χ4v) is 4.47. The number of carbonyl (C=O) groups is 1. The Kier molecular flexibility index (Phi) is 11.5. The van der Waals surface area contributed by atoms with Crippen molar-refractivity contribution in [2.24, 2.45) is 5.41 Å². The molecule has 0 amide bonds. The highest BCUT2D eigenvalue weighted by molar-refractivity contribution is 5.74. The minimum absolute atomic E-state index is 0.168. The van der Waals surface area contributed by atoms with Gasteiger partial charge in [-0.15, -0.1) is 0 Å². The van der Waals surface area contributed by atoms with E-state index in [1.54, 1.807) is 0 Å². The summed E-state index contributed by atoms with van der Waals surface area (Å²) in [5.41, 5.74) is -0.626. The maximum absolute atomic E-state index is 12.0. The molecule has 2 unspecified atom stereocenters. The Labute approximate surface area is 172 Å². The fraction of sp³-hybridized carbons (Fsp3) is 0.958. The van der Waals surface area contributed by atoms with Gasteiger partial charge in [0.25, 0.3) is 0 Å². The quantitative estimate of drug-likeness (QED) is 0.188. The third-order valence-electron chi connectivity index (χ3n) is 6.50. The van der Waals surface area contributed by atoms with E-state index in [9.17, 15) is 9.90 Å². The van der Waals surface area contributed by atoms with Gasteiger partial charge in [0.05, 0.1) is 30.8 Å². The monoisotopic (exact) mass is 396 g/mol. The van der Waals surface area contributed by atoms with Crippen molar-refractivity contribution in [3.63, 3.8) is 0 Å². The lowest BCUT2D eigenvalue weighted by atomic mass is 9.75. The molecule has 4 heteroatoms. The summed E-state index contributed by atoms with van der Waals surface area (Å²) in [4.78, 5) is 12.0. The van der Waals surface area contributed by atoms with Gasteiger partial charge in [-0.2, -0.15) is 0 Å². The van der Waals surface area contributed by atoms with E-state index in [4.69, 9.17) is 9.47 Å². The van der Waals surface area contributed by atoms with Crippen LogP contribution in [0.25, 0.3) is 0 Å². The zero-order chi connectivity index (χ0) is 20.1. The van der Waals surface area contributed by atoms with E-state index in [1.807, 2.05) is 0 Å². The standard InChI is InChI=1S/C24H44O4/c1-2-3-4-5-6-7-8-9-10-11-12-13-14-15-16-24(23(25)26,17-21-19-27-21)18-22-20-28-22/h21-22H,2-20H2,1H3,(H,25,26). The molecule has 2 aliphatic rings. The summed E-state index contributed by atoms with van der Waals surface area (Å²) in [6.45, 7) is 3.74. The minimum Gasteiger partial charge on any atom is -0.481 e. The molecule has 0 aromatic rings. The van der Waals surface area contributed by atoms with Crippen molar-refractivity contribution in [2.45, 2.75) is 128 Å². The molecule has 2 fully saturated rings. The molecule has 0 spiro atoms. The molecule has 2 rings (SSSR count). The van der Waals surface area contributed by atoms with E-state index >= 15 is 0 Å². The maximum atomic E-state index is 12.0. The highest BCUT2D eigenvalue weighted by atomic mass is 16.6. The van der Waals surface area contributed by atoms with Crippen LogP contribution in [0.3, 0.4) is 0 Å². The van der Waals surface area contributed by atoms with E-state index in [-0.39, 0.29) is 12.2 Å².